The number of hydrogen-bond acceptors (Lipinski definition) is 2. The summed E-state index contributed by atoms with van der Waals surface area (Å²) in [7, 11) is 0. The molecule has 0 fully saturated rings. The highest BCUT2D eigenvalue weighted by Gasteiger charge is 2.33. The van der Waals surface area contributed by atoms with Crippen LogP contribution in [0.4, 0.5) is 35.9 Å². The van der Waals surface area contributed by atoms with Crippen LogP contribution in [0.3, 0.4) is 0 Å². The highest BCUT2D eigenvalue weighted by atomic mass is 19.4. The van der Waals surface area contributed by atoms with Crippen LogP contribution in [-0.2, 0) is 19.0 Å². The largest absolute Gasteiger partial charge is 0.416 e. The molecule has 0 saturated carbocycles. The molecule has 0 bridgehead atoms. The second-order valence-corrected chi connectivity index (χ2v) is 10.9. The first-order chi connectivity index (χ1) is 18.9. The summed E-state index contributed by atoms with van der Waals surface area (Å²) in [6, 6.07) is 28.4. The fourth-order valence-corrected chi connectivity index (χ4v) is 6.85. The van der Waals surface area contributed by atoms with Gasteiger partial charge in [0.2, 0.25) is 0 Å². The third kappa shape index (κ3) is 3.29. The van der Waals surface area contributed by atoms with Crippen LogP contribution in [0.5, 0.6) is 0 Å². The molecular weight excluding hydrogens is 493 g/mol. The molecule has 39 heavy (non-hydrogen) atoms. The number of alkyl halides is 3. The van der Waals surface area contributed by atoms with E-state index < -0.39 is 11.7 Å². The summed E-state index contributed by atoms with van der Waals surface area (Å²) in [5.74, 6) is 0. The van der Waals surface area contributed by atoms with Gasteiger partial charge in [-0.2, -0.15) is 13.2 Å². The van der Waals surface area contributed by atoms with Gasteiger partial charge in [0, 0.05) is 46.6 Å². The minimum atomic E-state index is -4.33. The Bertz CT molecular complexity index is 1940. The molecule has 0 radical (unpaired) electrons. The summed E-state index contributed by atoms with van der Waals surface area (Å²) in [6.07, 6.45) is -2.70. The quantitative estimate of drug-likeness (QED) is 0.211. The van der Waals surface area contributed by atoms with Crippen LogP contribution in [0.1, 0.15) is 22.3 Å². The molecular formula is C34H25F3N2. The lowest BCUT2D eigenvalue weighted by Gasteiger charge is -2.25. The third-order valence-corrected chi connectivity index (χ3v) is 8.63. The number of halogens is 3. The van der Waals surface area contributed by atoms with Crippen molar-refractivity contribution in [2.75, 3.05) is 22.9 Å². The summed E-state index contributed by atoms with van der Waals surface area (Å²) in [6.45, 7) is 3.76. The van der Waals surface area contributed by atoms with Crippen molar-refractivity contribution in [3.8, 4) is 0 Å². The average molecular weight is 519 g/mol. The van der Waals surface area contributed by atoms with Crippen molar-refractivity contribution in [1.82, 2.24) is 0 Å². The molecule has 0 N–H and O–H groups in total. The SMILES string of the molecule is Cc1ccc2c(c1)CCN2c1ccc2ccc3c(N4CCc5cc(C(F)(F)F)ccc54)ccc4ccc1c2c43. The molecule has 6 aromatic rings. The molecule has 0 amide bonds. The maximum absolute atomic E-state index is 13.3. The van der Waals surface area contributed by atoms with Gasteiger partial charge >= 0.3 is 6.18 Å². The number of benzene rings is 6. The van der Waals surface area contributed by atoms with Crippen LogP contribution in [0.2, 0.25) is 0 Å². The van der Waals surface area contributed by atoms with Crippen LogP contribution >= 0.6 is 0 Å². The van der Waals surface area contributed by atoms with Gasteiger partial charge in [0.25, 0.3) is 0 Å². The minimum absolute atomic E-state index is 0.579. The molecule has 0 spiro atoms. The van der Waals surface area contributed by atoms with E-state index in [-0.39, 0.29) is 0 Å². The summed E-state index contributed by atoms with van der Waals surface area (Å²) in [5.41, 5.74) is 7.26. The van der Waals surface area contributed by atoms with Crippen LogP contribution in [0.15, 0.2) is 84.9 Å². The Hall–Kier alpha value is -4.25. The van der Waals surface area contributed by atoms with E-state index in [2.05, 4.69) is 83.5 Å². The number of hydrogen-bond donors (Lipinski definition) is 0. The van der Waals surface area contributed by atoms with Crippen molar-refractivity contribution in [3.63, 3.8) is 0 Å². The monoisotopic (exact) mass is 518 g/mol. The lowest BCUT2D eigenvalue weighted by molar-refractivity contribution is -0.137. The molecule has 0 aliphatic carbocycles. The van der Waals surface area contributed by atoms with Gasteiger partial charge in [-0.15, -0.1) is 0 Å². The topological polar surface area (TPSA) is 6.48 Å². The first-order valence-corrected chi connectivity index (χ1v) is 13.4. The first-order valence-electron chi connectivity index (χ1n) is 13.4. The molecule has 6 aromatic carbocycles. The highest BCUT2D eigenvalue weighted by Crippen LogP contribution is 2.47. The molecule has 0 saturated heterocycles. The Morgan fingerprint density at radius 2 is 1.05 bits per heavy atom. The van der Waals surface area contributed by atoms with E-state index in [1.165, 1.54) is 61.6 Å². The van der Waals surface area contributed by atoms with Crippen molar-refractivity contribution in [1.29, 1.82) is 0 Å². The number of rotatable bonds is 2. The molecule has 192 valence electrons. The van der Waals surface area contributed by atoms with E-state index in [0.29, 0.717) is 13.0 Å². The van der Waals surface area contributed by atoms with Crippen LogP contribution in [0.25, 0.3) is 32.3 Å². The summed E-state index contributed by atoms with van der Waals surface area (Å²) < 4.78 is 40.0. The Balaban J connectivity index is 1.31. The first kappa shape index (κ1) is 22.7. The molecule has 2 aliphatic rings. The maximum atomic E-state index is 13.3. The zero-order chi connectivity index (χ0) is 26.5. The zero-order valence-electron chi connectivity index (χ0n) is 21.4. The van der Waals surface area contributed by atoms with Gasteiger partial charge in [0.15, 0.2) is 0 Å². The second-order valence-electron chi connectivity index (χ2n) is 10.9. The molecule has 0 unspecified atom stereocenters. The normalized spacial score (nSPS) is 15.2. The van der Waals surface area contributed by atoms with Crippen molar-refractivity contribution in [2.24, 2.45) is 0 Å². The Kier molecular flexibility index (Phi) is 4.59. The van der Waals surface area contributed by atoms with Crippen molar-refractivity contribution in [2.45, 2.75) is 25.9 Å². The van der Waals surface area contributed by atoms with E-state index in [1.807, 2.05) is 0 Å². The number of nitrogens with zero attached hydrogens (tertiary/aromatic N) is 2. The fraction of sp³-hybridized carbons (Fsp3) is 0.176. The van der Waals surface area contributed by atoms with Crippen LogP contribution < -0.4 is 9.80 Å². The molecule has 2 nitrogen and oxygen atoms in total. The lowest BCUT2D eigenvalue weighted by atomic mass is 9.92. The van der Waals surface area contributed by atoms with Gasteiger partial charge in [-0.1, -0.05) is 54.1 Å². The molecule has 5 heteroatoms. The van der Waals surface area contributed by atoms with Gasteiger partial charge < -0.3 is 9.80 Å². The Morgan fingerprint density at radius 3 is 1.62 bits per heavy atom. The van der Waals surface area contributed by atoms with Gasteiger partial charge in [0.1, 0.15) is 0 Å². The van der Waals surface area contributed by atoms with Gasteiger partial charge in [-0.3, -0.25) is 0 Å². The predicted octanol–water partition coefficient (Wildman–Crippen LogP) is 9.30. The number of aryl methyl sites for hydroxylation is 1. The summed E-state index contributed by atoms with van der Waals surface area (Å²) in [5, 5.41) is 7.20. The van der Waals surface area contributed by atoms with Gasteiger partial charge in [-0.25, -0.2) is 0 Å². The van der Waals surface area contributed by atoms with E-state index in [9.17, 15) is 13.2 Å². The number of fused-ring (bicyclic) bond motifs is 2. The average Bonchev–Trinajstić information content (AvgIpc) is 3.54. The molecule has 0 aromatic heterocycles. The smallest absolute Gasteiger partial charge is 0.340 e. The van der Waals surface area contributed by atoms with Crippen molar-refractivity contribution < 1.29 is 13.2 Å². The number of anilines is 4. The molecule has 0 atom stereocenters. The molecule has 2 aliphatic heterocycles. The van der Waals surface area contributed by atoms with E-state index in [0.717, 1.165) is 35.3 Å². The minimum Gasteiger partial charge on any atom is -0.340 e. The maximum Gasteiger partial charge on any atom is 0.416 e. The van der Waals surface area contributed by atoms with Crippen molar-refractivity contribution in [3.05, 3.63) is 107 Å². The van der Waals surface area contributed by atoms with E-state index >= 15 is 0 Å². The lowest BCUT2D eigenvalue weighted by Crippen LogP contribution is -2.14. The van der Waals surface area contributed by atoms with Gasteiger partial charge in [-0.05, 0) is 88.8 Å². The summed E-state index contributed by atoms with van der Waals surface area (Å²) in [4.78, 5) is 4.62. The van der Waals surface area contributed by atoms with Gasteiger partial charge in [0.05, 0.1) is 5.56 Å². The van der Waals surface area contributed by atoms with E-state index in [4.69, 9.17) is 0 Å². The van der Waals surface area contributed by atoms with E-state index in [1.54, 1.807) is 6.07 Å². The molecule has 2 heterocycles. The second kappa shape index (κ2) is 7.89. The van der Waals surface area contributed by atoms with Crippen LogP contribution in [0, 0.1) is 6.92 Å². The predicted molar refractivity (Wildman–Crippen MR) is 154 cm³/mol. The summed E-state index contributed by atoms with van der Waals surface area (Å²) >= 11 is 0. The zero-order valence-corrected chi connectivity index (χ0v) is 21.4. The Morgan fingerprint density at radius 1 is 0.564 bits per heavy atom. The highest BCUT2D eigenvalue weighted by molar-refractivity contribution is 6.27. The standard InChI is InChI=1S/C34H25F3N2/c1-20-2-10-28-23(18-20)14-16-38(28)30-11-5-21-4-9-27-31(12-6-22-3-8-26(30)32(21)33(22)27)39-17-15-24-19-25(34(35,36)37)7-13-29(24)39/h2-13,18-19H,14-17H2,1H3. The van der Waals surface area contributed by atoms with Crippen LogP contribution in [-0.4, -0.2) is 13.1 Å². The third-order valence-electron chi connectivity index (χ3n) is 8.63. The Labute approximate surface area is 224 Å². The van der Waals surface area contributed by atoms with Crippen molar-refractivity contribution >= 4 is 55.1 Å². The fourth-order valence-electron chi connectivity index (χ4n) is 6.85. The molecule has 8 rings (SSSR count).